The summed E-state index contributed by atoms with van der Waals surface area (Å²) in [7, 11) is 0. The molecule has 1 atom stereocenters. The zero-order chi connectivity index (χ0) is 15.1. The van der Waals surface area contributed by atoms with Gasteiger partial charge in [-0.05, 0) is 37.8 Å². The molecule has 1 aromatic carbocycles. The summed E-state index contributed by atoms with van der Waals surface area (Å²) in [5.41, 5.74) is 1.16. The Bertz CT molecular complexity index is 438. The van der Waals surface area contributed by atoms with Gasteiger partial charge in [-0.25, -0.2) is 0 Å². The van der Waals surface area contributed by atoms with Gasteiger partial charge >= 0.3 is 0 Å². The van der Waals surface area contributed by atoms with Crippen molar-refractivity contribution in [3.8, 4) is 5.75 Å². The van der Waals surface area contributed by atoms with Crippen LogP contribution in [0.4, 0.5) is 0 Å². The van der Waals surface area contributed by atoms with E-state index in [2.05, 4.69) is 5.32 Å². The average Bonchev–Trinajstić information content (AvgIpc) is 2.53. The molecule has 0 aromatic heterocycles. The topological polar surface area (TPSA) is 58.6 Å². The smallest absolute Gasteiger partial charge is 0.258 e. The van der Waals surface area contributed by atoms with Crippen LogP contribution in [0.3, 0.4) is 0 Å². The van der Waals surface area contributed by atoms with E-state index in [1.54, 1.807) is 0 Å². The number of hydrogen-bond acceptors (Lipinski definition) is 3. The van der Waals surface area contributed by atoms with Crippen LogP contribution in [0.25, 0.3) is 0 Å². The Morgan fingerprint density at radius 2 is 1.95 bits per heavy atom. The van der Waals surface area contributed by atoms with Gasteiger partial charge in [0.05, 0.1) is 6.10 Å². The number of aliphatic hydroxyl groups is 1. The maximum atomic E-state index is 11.7. The third kappa shape index (κ3) is 5.38. The van der Waals surface area contributed by atoms with Crippen LogP contribution in [0.1, 0.15) is 37.7 Å². The normalized spacial score (nSPS) is 17.2. The summed E-state index contributed by atoms with van der Waals surface area (Å²) in [6, 6.07) is 7.58. The van der Waals surface area contributed by atoms with Crippen molar-refractivity contribution in [3.05, 3.63) is 29.8 Å². The Morgan fingerprint density at radius 1 is 1.29 bits per heavy atom. The molecule has 1 aliphatic carbocycles. The highest BCUT2D eigenvalue weighted by molar-refractivity contribution is 5.77. The van der Waals surface area contributed by atoms with Gasteiger partial charge in [-0.3, -0.25) is 4.79 Å². The standard InChI is InChI=1S/C17H25NO3/c1-13-7-9-15(10-8-13)21-12-17(20)18-11-16(19)14-5-3-2-4-6-14/h7-10,14,16,19H,2-6,11-12H2,1H3,(H,18,20). The molecule has 1 amide bonds. The summed E-state index contributed by atoms with van der Waals surface area (Å²) in [4.78, 5) is 11.7. The number of benzene rings is 1. The van der Waals surface area contributed by atoms with Gasteiger partial charge < -0.3 is 15.2 Å². The van der Waals surface area contributed by atoms with Crippen LogP contribution in [0.15, 0.2) is 24.3 Å². The Labute approximate surface area is 126 Å². The molecule has 1 aliphatic rings. The highest BCUT2D eigenvalue weighted by atomic mass is 16.5. The van der Waals surface area contributed by atoms with Crippen LogP contribution < -0.4 is 10.1 Å². The van der Waals surface area contributed by atoms with Gasteiger partial charge in [-0.15, -0.1) is 0 Å². The zero-order valence-corrected chi connectivity index (χ0v) is 12.7. The summed E-state index contributed by atoms with van der Waals surface area (Å²) in [6.07, 6.45) is 5.33. The van der Waals surface area contributed by atoms with Crippen molar-refractivity contribution >= 4 is 5.91 Å². The van der Waals surface area contributed by atoms with E-state index >= 15 is 0 Å². The molecule has 0 aliphatic heterocycles. The Hall–Kier alpha value is -1.55. The van der Waals surface area contributed by atoms with Crippen LogP contribution in [-0.4, -0.2) is 30.3 Å². The fourth-order valence-corrected chi connectivity index (χ4v) is 2.74. The molecule has 2 rings (SSSR count). The second kappa shape index (κ2) is 8.03. The first kappa shape index (κ1) is 15.8. The lowest BCUT2D eigenvalue weighted by atomic mass is 9.85. The number of aliphatic hydroxyl groups excluding tert-OH is 1. The molecule has 0 bridgehead atoms. The molecule has 1 saturated carbocycles. The molecule has 21 heavy (non-hydrogen) atoms. The molecule has 0 heterocycles. The number of nitrogens with one attached hydrogen (secondary N) is 1. The quantitative estimate of drug-likeness (QED) is 0.846. The van der Waals surface area contributed by atoms with Gasteiger partial charge in [0, 0.05) is 6.54 Å². The highest BCUT2D eigenvalue weighted by Gasteiger charge is 2.21. The lowest BCUT2D eigenvalue weighted by molar-refractivity contribution is -0.123. The number of ether oxygens (including phenoxy) is 1. The van der Waals surface area contributed by atoms with Crippen LogP contribution in [0.2, 0.25) is 0 Å². The lowest BCUT2D eigenvalue weighted by Gasteiger charge is -2.26. The van der Waals surface area contributed by atoms with Crippen molar-refractivity contribution in [1.29, 1.82) is 0 Å². The molecule has 116 valence electrons. The van der Waals surface area contributed by atoms with Gasteiger partial charge in [0.15, 0.2) is 6.61 Å². The van der Waals surface area contributed by atoms with E-state index < -0.39 is 6.10 Å². The first-order valence-electron chi connectivity index (χ1n) is 7.79. The summed E-state index contributed by atoms with van der Waals surface area (Å²) in [5, 5.41) is 12.8. The maximum absolute atomic E-state index is 11.7. The summed E-state index contributed by atoms with van der Waals surface area (Å²) in [6.45, 7) is 2.31. The fraction of sp³-hybridized carbons (Fsp3) is 0.588. The van der Waals surface area contributed by atoms with Crippen molar-refractivity contribution in [3.63, 3.8) is 0 Å². The van der Waals surface area contributed by atoms with E-state index in [1.165, 1.54) is 19.3 Å². The maximum Gasteiger partial charge on any atom is 0.258 e. The molecule has 0 radical (unpaired) electrons. The Morgan fingerprint density at radius 3 is 2.62 bits per heavy atom. The van der Waals surface area contributed by atoms with Crippen LogP contribution >= 0.6 is 0 Å². The van der Waals surface area contributed by atoms with Crippen LogP contribution in [0, 0.1) is 12.8 Å². The SMILES string of the molecule is Cc1ccc(OCC(=O)NCC(O)C2CCCCC2)cc1. The molecular formula is C17H25NO3. The molecule has 4 heteroatoms. The molecule has 0 saturated heterocycles. The number of carbonyl (C=O) groups excluding carboxylic acids is 1. The third-order valence-corrected chi connectivity index (χ3v) is 4.09. The first-order chi connectivity index (χ1) is 10.1. The Balaban J connectivity index is 1.66. The van der Waals surface area contributed by atoms with Crippen molar-refractivity contribution in [2.24, 2.45) is 5.92 Å². The molecule has 0 spiro atoms. The predicted molar refractivity (Wildman–Crippen MR) is 82.3 cm³/mol. The van der Waals surface area contributed by atoms with Gasteiger partial charge in [0.1, 0.15) is 5.75 Å². The molecule has 1 unspecified atom stereocenters. The second-order valence-corrected chi connectivity index (χ2v) is 5.87. The minimum Gasteiger partial charge on any atom is -0.484 e. The van der Waals surface area contributed by atoms with Crippen molar-refractivity contribution in [2.75, 3.05) is 13.2 Å². The minimum absolute atomic E-state index is 0.0134. The summed E-state index contributed by atoms with van der Waals surface area (Å²) >= 11 is 0. The fourth-order valence-electron chi connectivity index (χ4n) is 2.74. The third-order valence-electron chi connectivity index (χ3n) is 4.09. The van der Waals surface area contributed by atoms with Crippen molar-refractivity contribution in [1.82, 2.24) is 5.32 Å². The monoisotopic (exact) mass is 291 g/mol. The second-order valence-electron chi connectivity index (χ2n) is 5.87. The number of hydrogen-bond donors (Lipinski definition) is 2. The summed E-state index contributed by atoms with van der Waals surface area (Å²) in [5.74, 6) is 0.825. The van der Waals surface area contributed by atoms with E-state index in [4.69, 9.17) is 4.74 Å². The molecule has 1 aromatic rings. The summed E-state index contributed by atoms with van der Waals surface area (Å²) < 4.78 is 5.41. The van der Waals surface area contributed by atoms with Crippen LogP contribution in [0.5, 0.6) is 5.75 Å². The van der Waals surface area contributed by atoms with E-state index in [1.807, 2.05) is 31.2 Å². The van der Waals surface area contributed by atoms with Gasteiger partial charge in [-0.2, -0.15) is 0 Å². The van der Waals surface area contributed by atoms with E-state index in [-0.39, 0.29) is 12.5 Å². The van der Waals surface area contributed by atoms with Crippen LogP contribution in [-0.2, 0) is 4.79 Å². The number of amides is 1. The molecule has 1 fully saturated rings. The number of carbonyl (C=O) groups is 1. The van der Waals surface area contributed by atoms with Crippen molar-refractivity contribution < 1.29 is 14.6 Å². The predicted octanol–water partition coefficient (Wildman–Crippen LogP) is 2.43. The molecule has 4 nitrogen and oxygen atoms in total. The Kier molecular flexibility index (Phi) is 6.05. The van der Waals surface area contributed by atoms with E-state index in [0.29, 0.717) is 18.2 Å². The zero-order valence-electron chi connectivity index (χ0n) is 12.7. The van der Waals surface area contributed by atoms with E-state index in [0.717, 1.165) is 18.4 Å². The minimum atomic E-state index is -0.436. The molecule has 2 N–H and O–H groups in total. The van der Waals surface area contributed by atoms with Gasteiger partial charge in [0.25, 0.3) is 5.91 Å². The molecular weight excluding hydrogens is 266 g/mol. The lowest BCUT2D eigenvalue weighted by Crippen LogP contribution is -2.39. The van der Waals surface area contributed by atoms with Gasteiger partial charge in [0.2, 0.25) is 0 Å². The average molecular weight is 291 g/mol. The number of rotatable bonds is 6. The number of aryl methyl sites for hydroxylation is 1. The van der Waals surface area contributed by atoms with Crippen molar-refractivity contribution in [2.45, 2.75) is 45.1 Å². The van der Waals surface area contributed by atoms with Gasteiger partial charge in [-0.1, -0.05) is 37.0 Å². The largest absolute Gasteiger partial charge is 0.484 e. The highest BCUT2D eigenvalue weighted by Crippen LogP contribution is 2.26. The first-order valence-corrected chi connectivity index (χ1v) is 7.79. The van der Waals surface area contributed by atoms with E-state index in [9.17, 15) is 9.90 Å².